The summed E-state index contributed by atoms with van der Waals surface area (Å²) >= 11 is 0. The van der Waals surface area contributed by atoms with Gasteiger partial charge in [-0.3, -0.25) is 14.6 Å². The predicted molar refractivity (Wildman–Crippen MR) is 85.6 cm³/mol. The second-order valence-electron chi connectivity index (χ2n) is 5.50. The zero-order valence-electron chi connectivity index (χ0n) is 13.8. The molecule has 0 fully saturated rings. The van der Waals surface area contributed by atoms with Crippen LogP contribution in [0.4, 0.5) is 13.2 Å². The zero-order valence-corrected chi connectivity index (χ0v) is 13.8. The van der Waals surface area contributed by atoms with Gasteiger partial charge in [0.2, 0.25) is 5.88 Å². The maximum absolute atomic E-state index is 12.2. The molecule has 138 valence electrons. The molecule has 1 N–H and O–H groups in total. The van der Waals surface area contributed by atoms with Crippen LogP contribution < -0.4 is 10.1 Å². The van der Waals surface area contributed by atoms with Crippen molar-refractivity contribution >= 4 is 11.7 Å². The molecule has 0 atom stereocenters. The minimum absolute atomic E-state index is 0.0711. The third kappa shape index (κ3) is 6.50. The molecule has 2 aromatic rings. The van der Waals surface area contributed by atoms with E-state index in [1.165, 1.54) is 37.5 Å². The van der Waals surface area contributed by atoms with E-state index in [9.17, 15) is 22.8 Å². The normalized spacial score (nSPS) is 11.1. The SMILES string of the molecule is CC(=O)Cc1cc(C(=O)NCc2ccnc(OCC(F)(F)F)c2)ccn1. The van der Waals surface area contributed by atoms with Crippen LogP contribution in [0.15, 0.2) is 36.7 Å². The molecule has 1 amide bonds. The minimum Gasteiger partial charge on any atom is -0.468 e. The summed E-state index contributed by atoms with van der Waals surface area (Å²) in [4.78, 5) is 31.0. The van der Waals surface area contributed by atoms with E-state index in [2.05, 4.69) is 20.0 Å². The first-order valence-electron chi connectivity index (χ1n) is 7.60. The highest BCUT2D eigenvalue weighted by Crippen LogP contribution is 2.17. The van der Waals surface area contributed by atoms with Gasteiger partial charge >= 0.3 is 6.18 Å². The molecule has 0 aliphatic carbocycles. The van der Waals surface area contributed by atoms with Crippen LogP contribution in [0, 0.1) is 0 Å². The Kier molecular flexibility index (Phi) is 6.26. The third-order valence-electron chi connectivity index (χ3n) is 3.14. The standard InChI is InChI=1S/C17H16F3N3O3/c1-11(24)6-14-8-13(3-5-21-14)16(25)23-9-12-2-4-22-15(7-12)26-10-17(18,19)20/h2-5,7-8H,6,9-10H2,1H3,(H,23,25). The van der Waals surface area contributed by atoms with E-state index in [1.807, 2.05) is 0 Å². The van der Waals surface area contributed by atoms with Crippen molar-refractivity contribution in [2.24, 2.45) is 0 Å². The van der Waals surface area contributed by atoms with Gasteiger partial charge in [-0.05, 0) is 30.7 Å². The van der Waals surface area contributed by atoms with Gasteiger partial charge in [-0.25, -0.2) is 4.98 Å². The van der Waals surface area contributed by atoms with Crippen molar-refractivity contribution in [2.75, 3.05) is 6.61 Å². The number of Topliss-reactive ketones (excluding diaryl/α,β-unsaturated/α-hetero) is 1. The highest BCUT2D eigenvalue weighted by atomic mass is 19.4. The van der Waals surface area contributed by atoms with Crippen molar-refractivity contribution in [2.45, 2.75) is 26.1 Å². The van der Waals surface area contributed by atoms with Gasteiger partial charge < -0.3 is 10.1 Å². The fourth-order valence-electron chi connectivity index (χ4n) is 2.05. The van der Waals surface area contributed by atoms with Crippen LogP contribution >= 0.6 is 0 Å². The maximum Gasteiger partial charge on any atom is 0.422 e. The van der Waals surface area contributed by atoms with E-state index < -0.39 is 18.7 Å². The number of rotatable bonds is 7. The van der Waals surface area contributed by atoms with Crippen LogP contribution in [0.25, 0.3) is 0 Å². The molecule has 2 heterocycles. The summed E-state index contributed by atoms with van der Waals surface area (Å²) in [5.74, 6) is -0.647. The molecule has 0 aliphatic rings. The van der Waals surface area contributed by atoms with Crippen molar-refractivity contribution in [3.8, 4) is 5.88 Å². The van der Waals surface area contributed by atoms with E-state index in [-0.39, 0.29) is 24.6 Å². The number of nitrogens with one attached hydrogen (secondary N) is 1. The highest BCUT2D eigenvalue weighted by molar-refractivity contribution is 5.94. The van der Waals surface area contributed by atoms with Crippen molar-refractivity contribution in [1.82, 2.24) is 15.3 Å². The van der Waals surface area contributed by atoms with Crippen LogP contribution in [-0.4, -0.2) is 34.4 Å². The van der Waals surface area contributed by atoms with Crippen molar-refractivity contribution in [3.63, 3.8) is 0 Å². The first kappa shape index (κ1) is 19.4. The summed E-state index contributed by atoms with van der Waals surface area (Å²) in [5.41, 5.74) is 1.35. The molecule has 0 aliphatic heterocycles. The lowest BCUT2D eigenvalue weighted by Crippen LogP contribution is -2.23. The van der Waals surface area contributed by atoms with Gasteiger partial charge in [0.1, 0.15) is 5.78 Å². The minimum atomic E-state index is -4.45. The van der Waals surface area contributed by atoms with Gasteiger partial charge in [-0.2, -0.15) is 13.2 Å². The fourth-order valence-corrected chi connectivity index (χ4v) is 2.05. The number of hydrogen-bond donors (Lipinski definition) is 1. The number of hydrogen-bond acceptors (Lipinski definition) is 5. The Hall–Kier alpha value is -2.97. The molecule has 0 unspecified atom stereocenters. The van der Waals surface area contributed by atoms with E-state index >= 15 is 0 Å². The molecule has 2 rings (SSSR count). The first-order chi connectivity index (χ1) is 12.2. The molecular weight excluding hydrogens is 351 g/mol. The molecule has 2 aromatic heterocycles. The van der Waals surface area contributed by atoms with Crippen LogP contribution in [0.2, 0.25) is 0 Å². The quantitative estimate of drug-likeness (QED) is 0.813. The highest BCUT2D eigenvalue weighted by Gasteiger charge is 2.28. The Morgan fingerprint density at radius 3 is 2.58 bits per heavy atom. The Morgan fingerprint density at radius 2 is 1.88 bits per heavy atom. The molecule has 9 heteroatoms. The number of aromatic nitrogens is 2. The average Bonchev–Trinajstić information content (AvgIpc) is 2.57. The number of amides is 1. The lowest BCUT2D eigenvalue weighted by molar-refractivity contribution is -0.154. The smallest absolute Gasteiger partial charge is 0.422 e. The lowest BCUT2D eigenvalue weighted by atomic mass is 10.1. The Balaban J connectivity index is 1.96. The molecule has 0 radical (unpaired) electrons. The first-order valence-corrected chi connectivity index (χ1v) is 7.60. The van der Waals surface area contributed by atoms with Gasteiger partial charge in [0.25, 0.3) is 5.91 Å². The van der Waals surface area contributed by atoms with Gasteiger partial charge in [0.05, 0.1) is 0 Å². The number of ether oxygens (including phenoxy) is 1. The van der Waals surface area contributed by atoms with Crippen LogP contribution in [0.5, 0.6) is 5.88 Å². The number of halogens is 3. The van der Waals surface area contributed by atoms with E-state index in [4.69, 9.17) is 0 Å². The monoisotopic (exact) mass is 367 g/mol. The Labute approximate surface area is 147 Å². The Morgan fingerprint density at radius 1 is 1.15 bits per heavy atom. The molecule has 0 bridgehead atoms. The summed E-state index contributed by atoms with van der Waals surface area (Å²) in [7, 11) is 0. The van der Waals surface area contributed by atoms with Gasteiger partial charge in [-0.1, -0.05) is 0 Å². The van der Waals surface area contributed by atoms with Crippen molar-refractivity contribution in [3.05, 3.63) is 53.5 Å². The molecule has 0 spiro atoms. The maximum atomic E-state index is 12.2. The van der Waals surface area contributed by atoms with E-state index in [0.29, 0.717) is 16.8 Å². The molecule has 6 nitrogen and oxygen atoms in total. The van der Waals surface area contributed by atoms with Crippen LogP contribution in [0.3, 0.4) is 0 Å². The number of pyridine rings is 2. The second kappa shape index (κ2) is 8.41. The second-order valence-corrected chi connectivity index (χ2v) is 5.50. The summed E-state index contributed by atoms with van der Waals surface area (Å²) in [6.07, 6.45) is -1.59. The zero-order chi connectivity index (χ0) is 19.2. The molecular formula is C17H16F3N3O3. The lowest BCUT2D eigenvalue weighted by Gasteiger charge is -2.10. The fraction of sp³-hybridized carbons (Fsp3) is 0.294. The molecule has 0 aromatic carbocycles. The summed E-state index contributed by atoms with van der Waals surface area (Å²) in [6, 6.07) is 5.89. The summed E-state index contributed by atoms with van der Waals surface area (Å²) in [6.45, 7) is 0.0656. The predicted octanol–water partition coefficient (Wildman–Crippen LogP) is 2.48. The number of carbonyl (C=O) groups excluding carboxylic acids is 2. The third-order valence-corrected chi connectivity index (χ3v) is 3.14. The van der Waals surface area contributed by atoms with Crippen LogP contribution in [-0.2, 0) is 17.8 Å². The van der Waals surface area contributed by atoms with Gasteiger partial charge in [0.15, 0.2) is 6.61 Å². The van der Waals surface area contributed by atoms with E-state index in [0.717, 1.165) is 0 Å². The number of alkyl halides is 3. The largest absolute Gasteiger partial charge is 0.468 e. The average molecular weight is 367 g/mol. The van der Waals surface area contributed by atoms with Gasteiger partial charge in [-0.15, -0.1) is 0 Å². The Bertz CT molecular complexity index is 794. The van der Waals surface area contributed by atoms with Crippen LogP contribution in [0.1, 0.15) is 28.5 Å². The molecule has 0 saturated carbocycles. The number of nitrogens with zero attached hydrogens (tertiary/aromatic N) is 2. The van der Waals surface area contributed by atoms with Crippen molar-refractivity contribution < 1.29 is 27.5 Å². The van der Waals surface area contributed by atoms with Crippen molar-refractivity contribution in [1.29, 1.82) is 0 Å². The number of carbonyl (C=O) groups is 2. The summed E-state index contributed by atoms with van der Waals surface area (Å²) < 4.78 is 41.0. The van der Waals surface area contributed by atoms with Gasteiger partial charge in [0, 0.05) is 42.7 Å². The molecule has 0 saturated heterocycles. The summed E-state index contributed by atoms with van der Waals surface area (Å²) in [5, 5.41) is 2.64. The number of ketones is 1. The topological polar surface area (TPSA) is 81.2 Å². The van der Waals surface area contributed by atoms with E-state index in [1.54, 1.807) is 6.07 Å². The molecule has 26 heavy (non-hydrogen) atoms.